The van der Waals surface area contributed by atoms with Crippen LogP contribution in [0.4, 0.5) is 17.2 Å². The van der Waals surface area contributed by atoms with E-state index in [9.17, 15) is 0 Å². The monoisotopic (exact) mass is 386 g/mol. The van der Waals surface area contributed by atoms with E-state index in [1.54, 1.807) is 24.5 Å². The van der Waals surface area contributed by atoms with Gasteiger partial charge >= 0.3 is 0 Å². The number of hydrogen-bond donors (Lipinski definition) is 2. The zero-order valence-electron chi connectivity index (χ0n) is 15.4. The number of halogens is 1. The second kappa shape index (κ2) is 7.33. The largest absolute Gasteiger partial charge is 0.398 e. The van der Waals surface area contributed by atoms with E-state index >= 15 is 0 Å². The topological polar surface area (TPSA) is 63.8 Å². The van der Waals surface area contributed by atoms with E-state index in [1.807, 2.05) is 49.4 Å². The van der Waals surface area contributed by atoms with Crippen LogP contribution in [0, 0.1) is 6.92 Å². The fourth-order valence-electron chi connectivity index (χ4n) is 3.23. The minimum absolute atomic E-state index is 0.560. The number of benzene rings is 2. The third-order valence-electron chi connectivity index (χ3n) is 4.76. The summed E-state index contributed by atoms with van der Waals surface area (Å²) in [7, 11) is 0. The smallest absolute Gasteiger partial charge is 0.156 e. The number of nitrogen functional groups attached to an aromatic ring is 1. The summed E-state index contributed by atoms with van der Waals surface area (Å²) in [6.45, 7) is 5.85. The van der Waals surface area contributed by atoms with Crippen LogP contribution < -0.4 is 11.1 Å². The molecule has 3 N–H and O–H groups in total. The average molecular weight is 387 g/mol. The summed E-state index contributed by atoms with van der Waals surface area (Å²) in [4.78, 5) is 9.04. The molecule has 0 atom stereocenters. The summed E-state index contributed by atoms with van der Waals surface area (Å²) < 4.78 is 0. The molecular formula is C23H19ClN4. The summed E-state index contributed by atoms with van der Waals surface area (Å²) in [5, 5.41) is 4.99. The molecule has 0 fully saturated rings. The zero-order chi connectivity index (χ0) is 19.7. The Balaban J connectivity index is 1.79. The number of nitrogens with two attached hydrogens (primary N) is 1. The van der Waals surface area contributed by atoms with Crippen LogP contribution in [-0.2, 0) is 0 Å². The van der Waals surface area contributed by atoms with E-state index in [0.29, 0.717) is 16.5 Å². The van der Waals surface area contributed by atoms with Gasteiger partial charge in [-0.05, 0) is 47.9 Å². The minimum Gasteiger partial charge on any atom is -0.398 e. The van der Waals surface area contributed by atoms with Crippen molar-refractivity contribution in [3.05, 3.63) is 83.7 Å². The van der Waals surface area contributed by atoms with E-state index in [2.05, 4.69) is 21.9 Å². The maximum absolute atomic E-state index is 6.44. The quantitative estimate of drug-likeness (QED) is 0.408. The van der Waals surface area contributed by atoms with Crippen molar-refractivity contribution in [3.63, 3.8) is 0 Å². The van der Waals surface area contributed by atoms with Crippen LogP contribution in [0.3, 0.4) is 0 Å². The summed E-state index contributed by atoms with van der Waals surface area (Å²) in [6, 6.07) is 15.7. The highest BCUT2D eigenvalue weighted by atomic mass is 35.5. The summed E-state index contributed by atoms with van der Waals surface area (Å²) in [6.07, 6.45) is 5.34. The molecule has 138 valence electrons. The number of pyridine rings is 2. The molecule has 0 saturated carbocycles. The molecular weight excluding hydrogens is 368 g/mol. The second-order valence-corrected chi connectivity index (χ2v) is 6.89. The highest BCUT2D eigenvalue weighted by Gasteiger charge is 2.12. The predicted octanol–water partition coefficient (Wildman–Crippen LogP) is 6.23. The minimum atomic E-state index is 0.560. The van der Waals surface area contributed by atoms with Gasteiger partial charge in [-0.15, -0.1) is 0 Å². The molecule has 4 aromatic rings. The Hall–Kier alpha value is -3.37. The van der Waals surface area contributed by atoms with E-state index in [4.69, 9.17) is 17.3 Å². The first kappa shape index (κ1) is 18.0. The summed E-state index contributed by atoms with van der Waals surface area (Å²) >= 11 is 6.44. The number of nitrogens with zero attached hydrogens (tertiary/aromatic N) is 2. The lowest BCUT2D eigenvalue weighted by atomic mass is 9.98. The fraction of sp³-hybridized carbons (Fsp3) is 0.0435. The van der Waals surface area contributed by atoms with Crippen LogP contribution in [0.1, 0.15) is 11.1 Å². The van der Waals surface area contributed by atoms with Gasteiger partial charge in [0.15, 0.2) is 5.82 Å². The van der Waals surface area contributed by atoms with E-state index in [-0.39, 0.29) is 0 Å². The normalized spacial score (nSPS) is 10.8. The highest BCUT2D eigenvalue weighted by Crippen LogP contribution is 2.37. The first-order chi connectivity index (χ1) is 13.6. The fourth-order valence-corrected chi connectivity index (χ4v) is 3.46. The number of hydrogen-bond acceptors (Lipinski definition) is 4. The average Bonchev–Trinajstić information content (AvgIpc) is 2.71. The van der Waals surface area contributed by atoms with Crippen molar-refractivity contribution < 1.29 is 0 Å². The number of aromatic nitrogens is 2. The molecule has 0 spiro atoms. The van der Waals surface area contributed by atoms with Crippen molar-refractivity contribution in [3.8, 4) is 11.1 Å². The molecule has 5 heteroatoms. The van der Waals surface area contributed by atoms with E-state index < -0.39 is 0 Å². The highest BCUT2D eigenvalue weighted by molar-refractivity contribution is 6.35. The molecule has 0 unspecified atom stereocenters. The molecule has 2 aromatic carbocycles. The number of anilines is 3. The van der Waals surface area contributed by atoms with Crippen molar-refractivity contribution >= 4 is 45.8 Å². The van der Waals surface area contributed by atoms with Crippen LogP contribution in [-0.4, -0.2) is 9.97 Å². The molecule has 0 saturated heterocycles. The van der Waals surface area contributed by atoms with Gasteiger partial charge in [-0.1, -0.05) is 48.5 Å². The third kappa shape index (κ3) is 3.19. The summed E-state index contributed by atoms with van der Waals surface area (Å²) in [5.74, 6) is 0.701. The third-order valence-corrected chi connectivity index (χ3v) is 5.18. The Morgan fingerprint density at radius 1 is 1.07 bits per heavy atom. The van der Waals surface area contributed by atoms with Crippen LogP contribution >= 0.6 is 11.6 Å². The number of fused-ring (bicyclic) bond motifs is 1. The molecule has 4 rings (SSSR count). The van der Waals surface area contributed by atoms with Gasteiger partial charge in [-0.3, -0.25) is 4.98 Å². The maximum atomic E-state index is 6.44. The van der Waals surface area contributed by atoms with Gasteiger partial charge in [0, 0.05) is 29.0 Å². The molecule has 4 nitrogen and oxygen atoms in total. The van der Waals surface area contributed by atoms with Gasteiger partial charge in [0.1, 0.15) is 5.52 Å². The lowest BCUT2D eigenvalue weighted by molar-refractivity contribution is 1.28. The van der Waals surface area contributed by atoms with Crippen molar-refractivity contribution in [1.29, 1.82) is 0 Å². The van der Waals surface area contributed by atoms with Crippen LogP contribution in [0.5, 0.6) is 0 Å². The van der Waals surface area contributed by atoms with Gasteiger partial charge < -0.3 is 11.1 Å². The van der Waals surface area contributed by atoms with E-state index in [0.717, 1.165) is 38.8 Å². The second-order valence-electron chi connectivity index (χ2n) is 6.52. The Morgan fingerprint density at radius 2 is 1.86 bits per heavy atom. The maximum Gasteiger partial charge on any atom is 0.156 e. The zero-order valence-corrected chi connectivity index (χ0v) is 16.2. The van der Waals surface area contributed by atoms with Crippen molar-refractivity contribution in [2.45, 2.75) is 6.92 Å². The van der Waals surface area contributed by atoms with Gasteiger partial charge in [0.05, 0.1) is 10.7 Å². The van der Waals surface area contributed by atoms with Gasteiger partial charge in [-0.2, -0.15) is 0 Å². The first-order valence-electron chi connectivity index (χ1n) is 8.86. The Morgan fingerprint density at radius 3 is 2.68 bits per heavy atom. The first-order valence-corrected chi connectivity index (χ1v) is 9.24. The number of nitrogens with one attached hydrogen (secondary N) is 1. The lowest BCUT2D eigenvalue weighted by Crippen LogP contribution is -1.99. The molecule has 0 aliphatic heterocycles. The lowest BCUT2D eigenvalue weighted by Gasteiger charge is -2.15. The van der Waals surface area contributed by atoms with Crippen molar-refractivity contribution in [2.75, 3.05) is 11.1 Å². The van der Waals surface area contributed by atoms with Crippen LogP contribution in [0.2, 0.25) is 5.02 Å². The Kier molecular flexibility index (Phi) is 4.72. The molecule has 0 radical (unpaired) electrons. The summed E-state index contributed by atoms with van der Waals surface area (Å²) in [5.41, 5.74) is 12.2. The Bertz CT molecular complexity index is 1200. The van der Waals surface area contributed by atoms with Crippen LogP contribution in [0.15, 0.2) is 67.5 Å². The van der Waals surface area contributed by atoms with E-state index in [1.165, 1.54) is 0 Å². The standard InChI is InChI=1S/C23H19ClN4/c1-3-15-12-16-10-11-26-23(22(16)27-13-15)28-20-9-5-6-17(14(20)2)18-7-4-8-19(25)21(18)24/h3-13H,1,25H2,2H3,(H,26,28). The predicted molar refractivity (Wildman–Crippen MR) is 119 cm³/mol. The van der Waals surface area contributed by atoms with Gasteiger partial charge in [-0.25, -0.2) is 4.98 Å². The van der Waals surface area contributed by atoms with Crippen LogP contribution in [0.25, 0.3) is 28.1 Å². The number of rotatable bonds is 4. The van der Waals surface area contributed by atoms with Crippen molar-refractivity contribution in [2.24, 2.45) is 0 Å². The molecule has 0 aliphatic rings. The van der Waals surface area contributed by atoms with Gasteiger partial charge in [0.2, 0.25) is 0 Å². The van der Waals surface area contributed by atoms with Crippen molar-refractivity contribution in [1.82, 2.24) is 9.97 Å². The molecule has 0 aliphatic carbocycles. The SMILES string of the molecule is C=Cc1cnc2c(Nc3cccc(-c4cccc(N)c4Cl)c3C)nccc2c1. The Labute approximate surface area is 168 Å². The molecule has 2 heterocycles. The molecule has 28 heavy (non-hydrogen) atoms. The molecule has 0 amide bonds. The molecule has 2 aromatic heterocycles. The van der Waals surface area contributed by atoms with Gasteiger partial charge in [0.25, 0.3) is 0 Å². The molecule has 0 bridgehead atoms.